The zero-order valence-electron chi connectivity index (χ0n) is 7.20. The molecule has 1 heterocycles. The second kappa shape index (κ2) is 3.72. The molecule has 0 fully saturated rings. The van der Waals surface area contributed by atoms with Gasteiger partial charge in [0.1, 0.15) is 12.0 Å². The van der Waals surface area contributed by atoms with Gasteiger partial charge in [-0.2, -0.15) is 0 Å². The Morgan fingerprint density at radius 2 is 2.25 bits per heavy atom. The summed E-state index contributed by atoms with van der Waals surface area (Å²) in [5.41, 5.74) is 0. The Kier molecular flexibility index (Phi) is 2.87. The molecule has 1 N–H and O–H groups in total. The third-order valence-electron chi connectivity index (χ3n) is 1.48. The van der Waals surface area contributed by atoms with Crippen molar-refractivity contribution in [1.29, 1.82) is 0 Å². The highest BCUT2D eigenvalue weighted by atomic mass is 32.1. The first-order valence-electron chi connectivity index (χ1n) is 3.90. The molecule has 0 aromatic carbocycles. The molecular formula is C9H12O2S. The number of rotatable bonds is 2. The molecule has 0 amide bonds. The summed E-state index contributed by atoms with van der Waals surface area (Å²) in [5.74, 6) is 1.40. The van der Waals surface area contributed by atoms with Crippen LogP contribution in [0, 0.1) is 10.4 Å². The van der Waals surface area contributed by atoms with Gasteiger partial charge in [0.2, 0.25) is 0 Å². The van der Waals surface area contributed by atoms with E-state index < -0.39 is 0 Å². The number of hydrogen-bond acceptors (Lipinski definition) is 3. The molecule has 0 radical (unpaired) electrons. The van der Waals surface area contributed by atoms with Crippen LogP contribution in [-0.2, 0) is 6.42 Å². The second-order valence-corrected chi connectivity index (χ2v) is 3.63. The van der Waals surface area contributed by atoms with Crippen LogP contribution in [0.3, 0.4) is 0 Å². The lowest BCUT2D eigenvalue weighted by molar-refractivity contribution is 0.405. The molecule has 66 valence electrons. The van der Waals surface area contributed by atoms with Crippen molar-refractivity contribution < 1.29 is 9.52 Å². The van der Waals surface area contributed by atoms with E-state index in [1.807, 2.05) is 0 Å². The summed E-state index contributed by atoms with van der Waals surface area (Å²) in [4.78, 5) is 0. The molecule has 12 heavy (non-hydrogen) atoms. The van der Waals surface area contributed by atoms with Crippen LogP contribution in [0.25, 0.3) is 0 Å². The van der Waals surface area contributed by atoms with Gasteiger partial charge in [-0.05, 0) is 12.0 Å². The first-order chi connectivity index (χ1) is 5.59. The fourth-order valence-corrected chi connectivity index (χ4v) is 1.13. The van der Waals surface area contributed by atoms with Crippen molar-refractivity contribution in [2.24, 2.45) is 5.92 Å². The molecule has 0 spiro atoms. The zero-order chi connectivity index (χ0) is 9.14. The van der Waals surface area contributed by atoms with Gasteiger partial charge >= 0.3 is 0 Å². The molecule has 0 aliphatic carbocycles. The topological polar surface area (TPSA) is 33.4 Å². The first kappa shape index (κ1) is 9.26. The maximum Gasteiger partial charge on any atom is 0.169 e. The summed E-state index contributed by atoms with van der Waals surface area (Å²) in [5, 5.41) is 9.08. The molecule has 0 unspecified atom stereocenters. The van der Waals surface area contributed by atoms with Crippen LogP contribution >= 0.6 is 12.2 Å². The normalized spacial score (nSPS) is 10.6. The third-order valence-corrected chi connectivity index (χ3v) is 1.80. The Morgan fingerprint density at radius 3 is 2.75 bits per heavy atom. The molecule has 2 nitrogen and oxygen atoms in total. The van der Waals surface area contributed by atoms with E-state index in [0.29, 0.717) is 10.4 Å². The Labute approximate surface area is 76.8 Å². The van der Waals surface area contributed by atoms with E-state index in [9.17, 15) is 0 Å². The van der Waals surface area contributed by atoms with E-state index in [2.05, 4.69) is 13.8 Å². The van der Waals surface area contributed by atoms with Crippen molar-refractivity contribution in [3.05, 3.63) is 22.6 Å². The summed E-state index contributed by atoms with van der Waals surface area (Å²) in [6.07, 6.45) is 2.14. The standard InChI is InChI=1S/C9H12O2S/c1-6(2)3-7-4-9(12)8(10)5-11-7/h4-6,10H,3H2,1-2H3. The van der Waals surface area contributed by atoms with Crippen molar-refractivity contribution >= 4 is 12.2 Å². The highest BCUT2D eigenvalue weighted by Gasteiger charge is 2.01. The molecule has 0 saturated heterocycles. The Balaban J connectivity index is 2.90. The molecular weight excluding hydrogens is 172 g/mol. The van der Waals surface area contributed by atoms with Crippen LogP contribution in [-0.4, -0.2) is 5.11 Å². The largest absolute Gasteiger partial charge is 0.504 e. The molecule has 1 rings (SSSR count). The van der Waals surface area contributed by atoms with Crippen LogP contribution in [0.4, 0.5) is 0 Å². The number of hydrogen-bond donors (Lipinski definition) is 1. The Hall–Kier alpha value is -0.830. The van der Waals surface area contributed by atoms with Gasteiger partial charge in [0.15, 0.2) is 5.75 Å². The average Bonchev–Trinajstić information content (AvgIpc) is 1.96. The molecule has 3 heteroatoms. The van der Waals surface area contributed by atoms with E-state index in [1.165, 1.54) is 6.26 Å². The lowest BCUT2D eigenvalue weighted by atomic mass is 10.1. The summed E-state index contributed by atoms with van der Waals surface area (Å²) >= 11 is 4.88. The van der Waals surface area contributed by atoms with Gasteiger partial charge in [-0.25, -0.2) is 0 Å². The Morgan fingerprint density at radius 1 is 1.58 bits per heavy atom. The predicted molar refractivity (Wildman–Crippen MR) is 49.7 cm³/mol. The molecule has 0 saturated carbocycles. The summed E-state index contributed by atoms with van der Waals surface area (Å²) in [6, 6.07) is 1.70. The van der Waals surface area contributed by atoms with E-state index in [0.717, 1.165) is 12.2 Å². The quantitative estimate of drug-likeness (QED) is 0.717. The van der Waals surface area contributed by atoms with Gasteiger partial charge in [-0.15, -0.1) is 0 Å². The second-order valence-electron chi connectivity index (χ2n) is 3.19. The lowest BCUT2D eigenvalue weighted by Crippen LogP contribution is -1.93. The molecule has 0 aliphatic heterocycles. The van der Waals surface area contributed by atoms with Crippen LogP contribution in [0.5, 0.6) is 5.75 Å². The molecule has 1 aromatic rings. The smallest absolute Gasteiger partial charge is 0.169 e. The minimum atomic E-state index is 0.0394. The lowest BCUT2D eigenvalue weighted by Gasteiger charge is -2.02. The van der Waals surface area contributed by atoms with Crippen molar-refractivity contribution in [3.8, 4) is 5.75 Å². The number of aromatic hydroxyl groups is 1. The maximum atomic E-state index is 9.08. The van der Waals surface area contributed by atoms with Gasteiger partial charge in [-0.1, -0.05) is 26.1 Å². The van der Waals surface area contributed by atoms with Crippen LogP contribution in [0.2, 0.25) is 0 Å². The molecule has 0 aliphatic rings. The zero-order valence-corrected chi connectivity index (χ0v) is 8.02. The monoisotopic (exact) mass is 184 g/mol. The fourth-order valence-electron chi connectivity index (χ4n) is 0.953. The average molecular weight is 184 g/mol. The van der Waals surface area contributed by atoms with Gasteiger partial charge in [0.25, 0.3) is 0 Å². The summed E-state index contributed by atoms with van der Waals surface area (Å²) in [6.45, 7) is 4.21. The SMILES string of the molecule is CC(C)Cc1cc(=S)c(O)co1. The third kappa shape index (κ3) is 2.34. The molecule has 0 bridgehead atoms. The fraction of sp³-hybridized carbons (Fsp3) is 0.444. The van der Waals surface area contributed by atoms with Crippen molar-refractivity contribution in [2.75, 3.05) is 0 Å². The van der Waals surface area contributed by atoms with E-state index in [4.69, 9.17) is 21.7 Å². The highest BCUT2D eigenvalue weighted by Crippen LogP contribution is 2.15. The summed E-state index contributed by atoms with van der Waals surface area (Å²) in [7, 11) is 0. The predicted octanol–water partition coefficient (Wildman–Crippen LogP) is 2.91. The van der Waals surface area contributed by atoms with Gasteiger partial charge in [0, 0.05) is 6.42 Å². The van der Waals surface area contributed by atoms with Gasteiger partial charge in [-0.3, -0.25) is 0 Å². The first-order valence-corrected chi connectivity index (χ1v) is 4.31. The van der Waals surface area contributed by atoms with Crippen LogP contribution in [0.15, 0.2) is 16.7 Å². The molecule has 0 atom stereocenters. The summed E-state index contributed by atoms with van der Waals surface area (Å²) < 4.78 is 5.59. The van der Waals surface area contributed by atoms with E-state index >= 15 is 0 Å². The highest BCUT2D eigenvalue weighted by molar-refractivity contribution is 7.71. The van der Waals surface area contributed by atoms with E-state index in [-0.39, 0.29) is 5.75 Å². The minimum Gasteiger partial charge on any atom is -0.504 e. The van der Waals surface area contributed by atoms with Crippen molar-refractivity contribution in [1.82, 2.24) is 0 Å². The van der Waals surface area contributed by atoms with Crippen LogP contribution < -0.4 is 0 Å². The minimum absolute atomic E-state index is 0.0394. The maximum absolute atomic E-state index is 9.08. The van der Waals surface area contributed by atoms with E-state index in [1.54, 1.807) is 6.07 Å². The molecule has 1 aromatic heterocycles. The Bertz CT molecular complexity index is 315. The van der Waals surface area contributed by atoms with Gasteiger partial charge < -0.3 is 9.52 Å². The van der Waals surface area contributed by atoms with Crippen LogP contribution in [0.1, 0.15) is 19.6 Å². The van der Waals surface area contributed by atoms with Crippen molar-refractivity contribution in [2.45, 2.75) is 20.3 Å². The van der Waals surface area contributed by atoms with Crippen molar-refractivity contribution in [3.63, 3.8) is 0 Å². The van der Waals surface area contributed by atoms with Gasteiger partial charge in [0.05, 0.1) is 4.51 Å².